The molecule has 0 saturated carbocycles. The maximum absolute atomic E-state index is 6.34. The van der Waals surface area contributed by atoms with Crippen molar-refractivity contribution >= 4 is 15.9 Å². The predicted octanol–water partition coefficient (Wildman–Crippen LogP) is 3.27. The molecule has 0 amide bonds. The third-order valence-electron chi connectivity index (χ3n) is 3.35. The van der Waals surface area contributed by atoms with E-state index in [0.717, 1.165) is 41.8 Å². The molecule has 0 bridgehead atoms. The van der Waals surface area contributed by atoms with Crippen molar-refractivity contribution in [3.05, 3.63) is 28.2 Å². The molecule has 100 valence electrons. The fourth-order valence-electron chi connectivity index (χ4n) is 2.34. The summed E-state index contributed by atoms with van der Waals surface area (Å²) in [5, 5.41) is 0. The van der Waals surface area contributed by atoms with Crippen LogP contribution in [0.2, 0.25) is 0 Å². The van der Waals surface area contributed by atoms with Gasteiger partial charge in [0.2, 0.25) is 0 Å². The van der Waals surface area contributed by atoms with Crippen molar-refractivity contribution in [2.75, 3.05) is 19.8 Å². The lowest BCUT2D eigenvalue weighted by atomic mass is 9.89. The topological polar surface area (TPSA) is 44.5 Å². The molecule has 1 fully saturated rings. The summed E-state index contributed by atoms with van der Waals surface area (Å²) in [6.07, 6.45) is 2.24. The molecule has 3 nitrogen and oxygen atoms in total. The summed E-state index contributed by atoms with van der Waals surface area (Å²) in [7, 11) is 0. The minimum absolute atomic E-state index is 0.0235. The summed E-state index contributed by atoms with van der Waals surface area (Å²) >= 11 is 3.58. The minimum Gasteiger partial charge on any atom is -0.494 e. The number of rotatable bonds is 4. The predicted molar refractivity (Wildman–Crippen MR) is 75.8 cm³/mol. The van der Waals surface area contributed by atoms with Crippen molar-refractivity contribution in [2.45, 2.75) is 25.8 Å². The van der Waals surface area contributed by atoms with Gasteiger partial charge in [-0.15, -0.1) is 0 Å². The second kappa shape index (κ2) is 6.55. The van der Waals surface area contributed by atoms with Crippen LogP contribution < -0.4 is 10.5 Å². The first-order valence-corrected chi connectivity index (χ1v) is 7.27. The van der Waals surface area contributed by atoms with E-state index >= 15 is 0 Å². The van der Waals surface area contributed by atoms with Gasteiger partial charge in [-0.25, -0.2) is 0 Å². The number of nitrogens with two attached hydrogens (primary N) is 1. The first-order chi connectivity index (χ1) is 8.72. The summed E-state index contributed by atoms with van der Waals surface area (Å²) in [6, 6.07) is 6.04. The lowest BCUT2D eigenvalue weighted by molar-refractivity contribution is 0.0447. The van der Waals surface area contributed by atoms with E-state index in [0.29, 0.717) is 12.5 Å². The van der Waals surface area contributed by atoms with E-state index in [1.165, 1.54) is 0 Å². The zero-order chi connectivity index (χ0) is 13.0. The Bertz CT molecular complexity index is 391. The van der Waals surface area contributed by atoms with Crippen LogP contribution in [0.3, 0.4) is 0 Å². The van der Waals surface area contributed by atoms with E-state index < -0.39 is 0 Å². The zero-order valence-electron chi connectivity index (χ0n) is 10.7. The Morgan fingerprint density at radius 1 is 1.56 bits per heavy atom. The second-order valence-electron chi connectivity index (χ2n) is 4.62. The van der Waals surface area contributed by atoms with Gasteiger partial charge in [0, 0.05) is 23.0 Å². The monoisotopic (exact) mass is 313 g/mol. The van der Waals surface area contributed by atoms with Crippen LogP contribution in [0.25, 0.3) is 0 Å². The van der Waals surface area contributed by atoms with Crippen LogP contribution in [0.5, 0.6) is 5.75 Å². The highest BCUT2D eigenvalue weighted by Crippen LogP contribution is 2.33. The largest absolute Gasteiger partial charge is 0.494 e. The normalized spacial score (nSPS) is 21.6. The van der Waals surface area contributed by atoms with Gasteiger partial charge >= 0.3 is 0 Å². The van der Waals surface area contributed by atoms with E-state index in [4.69, 9.17) is 15.2 Å². The molecular formula is C14H20BrNO2. The highest BCUT2D eigenvalue weighted by atomic mass is 79.9. The van der Waals surface area contributed by atoms with Gasteiger partial charge in [-0.1, -0.05) is 22.0 Å². The molecular weight excluding hydrogens is 294 g/mol. The van der Waals surface area contributed by atoms with E-state index in [1.807, 2.05) is 25.1 Å². The van der Waals surface area contributed by atoms with Gasteiger partial charge in [-0.2, -0.15) is 0 Å². The highest BCUT2D eigenvalue weighted by Gasteiger charge is 2.24. The van der Waals surface area contributed by atoms with Crippen molar-refractivity contribution in [1.82, 2.24) is 0 Å². The molecule has 2 atom stereocenters. The molecule has 0 aliphatic carbocycles. The maximum Gasteiger partial charge on any atom is 0.120 e. The minimum atomic E-state index is 0.0235. The quantitative estimate of drug-likeness (QED) is 0.927. The van der Waals surface area contributed by atoms with Gasteiger partial charge in [-0.3, -0.25) is 0 Å². The SMILES string of the molecule is CCOc1ccc(C(N)C2CCCOC2)c(Br)c1. The highest BCUT2D eigenvalue weighted by molar-refractivity contribution is 9.10. The van der Waals surface area contributed by atoms with Crippen LogP contribution >= 0.6 is 15.9 Å². The van der Waals surface area contributed by atoms with Crippen molar-refractivity contribution in [2.24, 2.45) is 11.7 Å². The number of benzene rings is 1. The Balaban J connectivity index is 2.11. The smallest absolute Gasteiger partial charge is 0.120 e. The van der Waals surface area contributed by atoms with Crippen molar-refractivity contribution in [3.8, 4) is 5.75 Å². The molecule has 4 heteroatoms. The molecule has 2 rings (SSSR count). The average molecular weight is 314 g/mol. The number of halogens is 1. The standard InChI is InChI=1S/C14H20BrNO2/c1-2-18-11-5-6-12(13(15)8-11)14(16)10-4-3-7-17-9-10/h5-6,8,10,14H,2-4,7,9,16H2,1H3. The van der Waals surface area contributed by atoms with Crippen LogP contribution in [0.4, 0.5) is 0 Å². The lowest BCUT2D eigenvalue weighted by Gasteiger charge is -2.28. The molecule has 2 unspecified atom stereocenters. The van der Waals surface area contributed by atoms with E-state index in [2.05, 4.69) is 15.9 Å². The third kappa shape index (κ3) is 3.25. The van der Waals surface area contributed by atoms with Gasteiger partial charge in [0.1, 0.15) is 5.75 Å². The van der Waals surface area contributed by atoms with E-state index in [9.17, 15) is 0 Å². The zero-order valence-corrected chi connectivity index (χ0v) is 12.3. The third-order valence-corrected chi connectivity index (χ3v) is 4.03. The molecule has 0 spiro atoms. The van der Waals surface area contributed by atoms with Gasteiger partial charge in [0.25, 0.3) is 0 Å². The van der Waals surface area contributed by atoms with Crippen LogP contribution in [0, 0.1) is 5.92 Å². The molecule has 1 heterocycles. The molecule has 1 aromatic carbocycles. The fraction of sp³-hybridized carbons (Fsp3) is 0.571. The van der Waals surface area contributed by atoms with Gasteiger partial charge < -0.3 is 15.2 Å². The average Bonchev–Trinajstić information content (AvgIpc) is 2.40. The van der Waals surface area contributed by atoms with Crippen molar-refractivity contribution in [1.29, 1.82) is 0 Å². The van der Waals surface area contributed by atoms with Crippen LogP contribution in [0.1, 0.15) is 31.4 Å². The lowest BCUT2D eigenvalue weighted by Crippen LogP contribution is -2.29. The Morgan fingerprint density at radius 2 is 2.39 bits per heavy atom. The van der Waals surface area contributed by atoms with Crippen molar-refractivity contribution in [3.63, 3.8) is 0 Å². The van der Waals surface area contributed by atoms with Crippen LogP contribution in [-0.4, -0.2) is 19.8 Å². The molecule has 18 heavy (non-hydrogen) atoms. The summed E-state index contributed by atoms with van der Waals surface area (Å²) in [5.74, 6) is 1.29. The number of ether oxygens (including phenoxy) is 2. The van der Waals surface area contributed by atoms with Crippen molar-refractivity contribution < 1.29 is 9.47 Å². The Morgan fingerprint density at radius 3 is 3.00 bits per heavy atom. The summed E-state index contributed by atoms with van der Waals surface area (Å²) in [6.45, 7) is 4.29. The number of hydrogen-bond donors (Lipinski definition) is 1. The van der Waals surface area contributed by atoms with Gasteiger partial charge in [0.05, 0.1) is 13.2 Å². The first kappa shape index (κ1) is 13.8. The van der Waals surface area contributed by atoms with Crippen LogP contribution in [0.15, 0.2) is 22.7 Å². The number of hydrogen-bond acceptors (Lipinski definition) is 3. The molecule has 1 saturated heterocycles. The molecule has 1 aliphatic rings. The molecule has 0 radical (unpaired) electrons. The van der Waals surface area contributed by atoms with E-state index in [1.54, 1.807) is 0 Å². The molecule has 1 aromatic rings. The Hall–Kier alpha value is -0.580. The first-order valence-electron chi connectivity index (χ1n) is 6.48. The molecule has 2 N–H and O–H groups in total. The van der Waals surface area contributed by atoms with Crippen LogP contribution in [-0.2, 0) is 4.74 Å². The van der Waals surface area contributed by atoms with E-state index in [-0.39, 0.29) is 6.04 Å². The fourth-order valence-corrected chi connectivity index (χ4v) is 2.96. The van der Waals surface area contributed by atoms with Gasteiger partial charge in [-0.05, 0) is 37.5 Å². The molecule has 0 aromatic heterocycles. The Kier molecular flexibility index (Phi) is 5.03. The summed E-state index contributed by atoms with van der Waals surface area (Å²) in [4.78, 5) is 0. The summed E-state index contributed by atoms with van der Waals surface area (Å²) < 4.78 is 12.0. The Labute approximate surface area is 117 Å². The second-order valence-corrected chi connectivity index (χ2v) is 5.47. The van der Waals surface area contributed by atoms with Gasteiger partial charge in [0.15, 0.2) is 0 Å². The maximum atomic E-state index is 6.34. The summed E-state index contributed by atoms with van der Waals surface area (Å²) in [5.41, 5.74) is 7.48. The molecule has 1 aliphatic heterocycles.